The first-order chi connectivity index (χ1) is 15.4. The highest BCUT2D eigenvalue weighted by Gasteiger charge is 2.31. The van der Waals surface area contributed by atoms with E-state index in [1.807, 2.05) is 56.3 Å². The Kier molecular flexibility index (Phi) is 6.12. The lowest BCUT2D eigenvalue weighted by atomic mass is 10.1. The van der Waals surface area contributed by atoms with Gasteiger partial charge in [0.15, 0.2) is 6.10 Å². The van der Waals surface area contributed by atoms with Crippen molar-refractivity contribution in [3.8, 4) is 11.5 Å². The average Bonchev–Trinajstić information content (AvgIpc) is 2.77. The topological polar surface area (TPSA) is 67.9 Å². The van der Waals surface area contributed by atoms with Crippen LogP contribution in [0.25, 0.3) is 0 Å². The molecule has 1 unspecified atom stereocenters. The van der Waals surface area contributed by atoms with Crippen LogP contribution >= 0.6 is 0 Å². The van der Waals surface area contributed by atoms with Gasteiger partial charge in [0, 0.05) is 17.3 Å². The standard InChI is InChI=1S/C26H26N2O4/c1-17-7-10-22(11-8-17)31-14-13-28-23-12-9-21(16-24(23)32-19(3)26(28)30)27-25(29)20-6-4-5-18(2)15-20/h4-12,15-16,19H,13-14H2,1-3H3,(H,27,29). The normalized spacial score (nSPS) is 15.0. The Labute approximate surface area is 187 Å². The molecule has 0 aliphatic carbocycles. The molecule has 2 amide bonds. The fourth-order valence-corrected chi connectivity index (χ4v) is 3.60. The van der Waals surface area contributed by atoms with E-state index in [1.165, 1.54) is 0 Å². The van der Waals surface area contributed by atoms with Gasteiger partial charge in [-0.1, -0.05) is 35.4 Å². The van der Waals surface area contributed by atoms with Gasteiger partial charge in [-0.15, -0.1) is 0 Å². The molecule has 0 radical (unpaired) electrons. The molecule has 1 atom stereocenters. The summed E-state index contributed by atoms with van der Waals surface area (Å²) in [6.07, 6.45) is -0.621. The van der Waals surface area contributed by atoms with Crippen molar-refractivity contribution < 1.29 is 19.1 Å². The van der Waals surface area contributed by atoms with Gasteiger partial charge in [0.05, 0.1) is 12.2 Å². The number of hydrogen-bond acceptors (Lipinski definition) is 4. The van der Waals surface area contributed by atoms with Crippen molar-refractivity contribution >= 4 is 23.2 Å². The van der Waals surface area contributed by atoms with Gasteiger partial charge in [-0.05, 0) is 57.2 Å². The first-order valence-electron chi connectivity index (χ1n) is 10.6. The van der Waals surface area contributed by atoms with Crippen LogP contribution in [0.15, 0.2) is 66.7 Å². The van der Waals surface area contributed by atoms with E-state index in [1.54, 1.807) is 36.1 Å². The molecule has 3 aromatic rings. The molecule has 6 nitrogen and oxygen atoms in total. The van der Waals surface area contributed by atoms with Crippen molar-refractivity contribution in [3.05, 3.63) is 83.4 Å². The Balaban J connectivity index is 1.47. The molecule has 1 aliphatic rings. The summed E-state index contributed by atoms with van der Waals surface area (Å²) in [5.41, 5.74) is 4.03. The zero-order valence-corrected chi connectivity index (χ0v) is 18.4. The predicted octanol–water partition coefficient (Wildman–Crippen LogP) is 4.75. The molecule has 0 saturated carbocycles. The zero-order chi connectivity index (χ0) is 22.7. The van der Waals surface area contributed by atoms with Gasteiger partial charge in [0.1, 0.15) is 18.1 Å². The summed E-state index contributed by atoms with van der Waals surface area (Å²) in [6, 6.07) is 20.5. The van der Waals surface area contributed by atoms with E-state index in [0.29, 0.717) is 35.8 Å². The van der Waals surface area contributed by atoms with Crippen LogP contribution in [0.2, 0.25) is 0 Å². The molecule has 164 valence electrons. The maximum atomic E-state index is 12.7. The monoisotopic (exact) mass is 430 g/mol. The van der Waals surface area contributed by atoms with Crippen molar-refractivity contribution in [1.29, 1.82) is 0 Å². The van der Waals surface area contributed by atoms with Crippen molar-refractivity contribution in [2.24, 2.45) is 0 Å². The first-order valence-corrected chi connectivity index (χ1v) is 10.6. The third kappa shape index (κ3) is 4.75. The summed E-state index contributed by atoms with van der Waals surface area (Å²) in [5, 5.41) is 2.90. The number of carbonyl (C=O) groups is 2. The van der Waals surface area contributed by atoms with Crippen LogP contribution in [0.1, 0.15) is 28.4 Å². The highest BCUT2D eigenvalue weighted by molar-refractivity contribution is 6.05. The molecule has 3 aromatic carbocycles. The second-order valence-corrected chi connectivity index (χ2v) is 7.92. The minimum atomic E-state index is -0.621. The molecule has 0 saturated heterocycles. The maximum absolute atomic E-state index is 12.7. The summed E-state index contributed by atoms with van der Waals surface area (Å²) in [5.74, 6) is 0.992. The predicted molar refractivity (Wildman–Crippen MR) is 125 cm³/mol. The van der Waals surface area contributed by atoms with Gasteiger partial charge >= 0.3 is 0 Å². The second kappa shape index (κ2) is 9.14. The largest absolute Gasteiger partial charge is 0.492 e. The molecule has 32 heavy (non-hydrogen) atoms. The van der Waals surface area contributed by atoms with Gasteiger partial charge < -0.3 is 19.7 Å². The van der Waals surface area contributed by atoms with E-state index in [-0.39, 0.29) is 11.8 Å². The molecule has 0 spiro atoms. The third-order valence-corrected chi connectivity index (χ3v) is 5.31. The number of rotatable bonds is 6. The van der Waals surface area contributed by atoms with E-state index in [9.17, 15) is 9.59 Å². The van der Waals surface area contributed by atoms with E-state index < -0.39 is 6.10 Å². The number of carbonyl (C=O) groups excluding carboxylic acids is 2. The number of aryl methyl sites for hydroxylation is 2. The van der Waals surface area contributed by atoms with Crippen LogP contribution in [0.5, 0.6) is 11.5 Å². The van der Waals surface area contributed by atoms with Gasteiger partial charge in [0.25, 0.3) is 11.8 Å². The molecule has 1 N–H and O–H groups in total. The molecular formula is C26H26N2O4. The van der Waals surface area contributed by atoms with Crippen molar-refractivity contribution in [2.45, 2.75) is 26.9 Å². The zero-order valence-electron chi connectivity index (χ0n) is 18.4. The molecule has 4 rings (SSSR count). The summed E-state index contributed by atoms with van der Waals surface area (Å²) in [4.78, 5) is 27.0. The van der Waals surface area contributed by atoms with Crippen LogP contribution in [-0.4, -0.2) is 31.1 Å². The van der Waals surface area contributed by atoms with Crippen molar-refractivity contribution in [1.82, 2.24) is 0 Å². The highest BCUT2D eigenvalue weighted by atomic mass is 16.5. The van der Waals surface area contributed by atoms with Crippen LogP contribution in [0.3, 0.4) is 0 Å². The van der Waals surface area contributed by atoms with Gasteiger partial charge in [-0.2, -0.15) is 0 Å². The highest BCUT2D eigenvalue weighted by Crippen LogP contribution is 2.36. The number of amides is 2. The molecule has 1 aliphatic heterocycles. The van der Waals surface area contributed by atoms with E-state index in [0.717, 1.165) is 16.9 Å². The Morgan fingerprint density at radius 2 is 1.81 bits per heavy atom. The Hall–Kier alpha value is -3.80. The molecule has 0 fully saturated rings. The number of nitrogens with zero attached hydrogens (tertiary/aromatic N) is 1. The van der Waals surface area contributed by atoms with Gasteiger partial charge in [0.2, 0.25) is 0 Å². The maximum Gasteiger partial charge on any atom is 0.267 e. The minimum absolute atomic E-state index is 0.124. The lowest BCUT2D eigenvalue weighted by molar-refractivity contribution is -0.125. The quantitative estimate of drug-likeness (QED) is 0.613. The van der Waals surface area contributed by atoms with Gasteiger partial charge in [-0.3, -0.25) is 9.59 Å². The fourth-order valence-electron chi connectivity index (χ4n) is 3.60. The number of ether oxygens (including phenoxy) is 2. The van der Waals surface area contributed by atoms with Crippen LogP contribution in [-0.2, 0) is 4.79 Å². The first kappa shape index (κ1) is 21.4. The van der Waals surface area contributed by atoms with Crippen LogP contribution < -0.4 is 19.7 Å². The second-order valence-electron chi connectivity index (χ2n) is 7.92. The van der Waals surface area contributed by atoms with E-state index in [2.05, 4.69) is 5.32 Å². The number of hydrogen-bond donors (Lipinski definition) is 1. The Bertz CT molecular complexity index is 1140. The van der Waals surface area contributed by atoms with E-state index >= 15 is 0 Å². The van der Waals surface area contributed by atoms with Crippen molar-refractivity contribution in [2.75, 3.05) is 23.4 Å². The van der Waals surface area contributed by atoms with Crippen LogP contribution in [0, 0.1) is 13.8 Å². The molecule has 1 heterocycles. The summed E-state index contributed by atoms with van der Waals surface area (Å²) in [7, 11) is 0. The molecule has 0 aromatic heterocycles. The van der Waals surface area contributed by atoms with Crippen molar-refractivity contribution in [3.63, 3.8) is 0 Å². The number of anilines is 2. The van der Waals surface area contributed by atoms with Crippen LogP contribution in [0.4, 0.5) is 11.4 Å². The molecule has 0 bridgehead atoms. The smallest absolute Gasteiger partial charge is 0.267 e. The Morgan fingerprint density at radius 1 is 1.03 bits per heavy atom. The number of fused-ring (bicyclic) bond motifs is 1. The summed E-state index contributed by atoms with van der Waals surface area (Å²) < 4.78 is 11.6. The average molecular weight is 431 g/mol. The minimum Gasteiger partial charge on any atom is -0.492 e. The molecule has 6 heteroatoms. The number of nitrogens with one attached hydrogen (secondary N) is 1. The van der Waals surface area contributed by atoms with E-state index in [4.69, 9.17) is 9.47 Å². The molecular weight excluding hydrogens is 404 g/mol. The lowest BCUT2D eigenvalue weighted by Gasteiger charge is -2.33. The Morgan fingerprint density at radius 3 is 2.56 bits per heavy atom. The summed E-state index contributed by atoms with van der Waals surface area (Å²) in [6.45, 7) is 6.43. The SMILES string of the molecule is Cc1ccc(OCCN2C(=O)C(C)Oc3cc(NC(=O)c4cccc(C)c4)ccc32)cc1. The van der Waals surface area contributed by atoms with Gasteiger partial charge in [-0.25, -0.2) is 0 Å². The fraction of sp³-hybridized carbons (Fsp3) is 0.231. The number of benzene rings is 3. The third-order valence-electron chi connectivity index (χ3n) is 5.31. The lowest BCUT2D eigenvalue weighted by Crippen LogP contribution is -2.46. The summed E-state index contributed by atoms with van der Waals surface area (Å²) >= 11 is 0.